The monoisotopic (exact) mass is 377 g/mol. The molecule has 2 aromatic carbocycles. The van der Waals surface area contributed by atoms with E-state index in [1.54, 1.807) is 39.9 Å². The summed E-state index contributed by atoms with van der Waals surface area (Å²) in [5.74, 6) is 0.507. The Hall–Kier alpha value is -3.25. The second-order valence-electron chi connectivity index (χ2n) is 6.22. The zero-order chi connectivity index (χ0) is 19.0. The molecule has 2 heterocycles. The largest absolute Gasteiger partial charge is 0.347 e. The quantitative estimate of drug-likeness (QED) is 0.546. The molecule has 0 N–H and O–H groups in total. The average Bonchev–Trinajstić information content (AvgIpc) is 2.68. The molecule has 6 nitrogen and oxygen atoms in total. The van der Waals surface area contributed by atoms with Crippen molar-refractivity contribution >= 4 is 28.7 Å². The standard InChI is InChI=1S/C20H16ClN5O/c1-25(2)20-22-12-16-18(24-20)26(15-6-4-3-5-7-15)19(27)17(23-16)13-8-10-14(21)11-9-13/h3-12H,1-2H3. The summed E-state index contributed by atoms with van der Waals surface area (Å²) in [6, 6.07) is 16.4. The third kappa shape index (κ3) is 3.15. The van der Waals surface area contributed by atoms with Crippen molar-refractivity contribution in [1.29, 1.82) is 0 Å². The first-order valence-corrected chi connectivity index (χ1v) is 8.71. The molecule has 0 spiro atoms. The van der Waals surface area contributed by atoms with E-state index in [2.05, 4.69) is 15.0 Å². The van der Waals surface area contributed by atoms with E-state index < -0.39 is 0 Å². The molecular weight excluding hydrogens is 362 g/mol. The fourth-order valence-electron chi connectivity index (χ4n) is 2.80. The molecule has 0 atom stereocenters. The fraction of sp³-hybridized carbons (Fsp3) is 0.100. The lowest BCUT2D eigenvalue weighted by Gasteiger charge is -2.14. The van der Waals surface area contributed by atoms with E-state index in [9.17, 15) is 4.79 Å². The first-order chi connectivity index (χ1) is 13.0. The van der Waals surface area contributed by atoms with Crippen LogP contribution in [0.15, 0.2) is 65.6 Å². The number of fused-ring (bicyclic) bond motifs is 1. The summed E-state index contributed by atoms with van der Waals surface area (Å²) in [6.07, 6.45) is 1.63. The number of aromatic nitrogens is 4. The summed E-state index contributed by atoms with van der Waals surface area (Å²) in [6.45, 7) is 0. The topological polar surface area (TPSA) is 63.9 Å². The molecule has 0 saturated carbocycles. The van der Waals surface area contributed by atoms with Crippen LogP contribution in [0.3, 0.4) is 0 Å². The number of halogens is 1. The molecule has 0 aliphatic carbocycles. The maximum Gasteiger partial charge on any atom is 0.283 e. The molecular formula is C20H16ClN5O. The van der Waals surface area contributed by atoms with Crippen molar-refractivity contribution in [1.82, 2.24) is 19.5 Å². The lowest BCUT2D eigenvalue weighted by molar-refractivity contribution is 0.953. The number of hydrogen-bond acceptors (Lipinski definition) is 5. The number of rotatable bonds is 3. The zero-order valence-corrected chi connectivity index (χ0v) is 15.6. The van der Waals surface area contributed by atoms with Gasteiger partial charge in [-0.2, -0.15) is 4.98 Å². The van der Waals surface area contributed by atoms with Gasteiger partial charge in [-0.15, -0.1) is 0 Å². The predicted molar refractivity (Wildman–Crippen MR) is 108 cm³/mol. The Balaban J connectivity index is 2.08. The van der Waals surface area contributed by atoms with Gasteiger partial charge in [0, 0.05) is 24.7 Å². The van der Waals surface area contributed by atoms with E-state index in [1.807, 2.05) is 44.4 Å². The zero-order valence-electron chi connectivity index (χ0n) is 14.8. The lowest BCUT2D eigenvalue weighted by Crippen LogP contribution is -2.24. The number of benzene rings is 2. The molecule has 7 heteroatoms. The van der Waals surface area contributed by atoms with Crippen LogP contribution in [-0.4, -0.2) is 33.6 Å². The Bertz CT molecular complexity index is 1170. The first kappa shape index (κ1) is 17.2. The van der Waals surface area contributed by atoms with Crippen LogP contribution in [0.25, 0.3) is 28.1 Å². The van der Waals surface area contributed by atoms with Crippen molar-refractivity contribution in [3.05, 3.63) is 76.2 Å². The Kier molecular flexibility index (Phi) is 4.33. The fourth-order valence-corrected chi connectivity index (χ4v) is 2.93. The molecule has 0 fully saturated rings. The summed E-state index contributed by atoms with van der Waals surface area (Å²) >= 11 is 5.98. The van der Waals surface area contributed by atoms with Gasteiger partial charge in [-0.25, -0.2) is 9.97 Å². The first-order valence-electron chi connectivity index (χ1n) is 8.33. The highest BCUT2D eigenvalue weighted by Crippen LogP contribution is 2.21. The van der Waals surface area contributed by atoms with Crippen molar-refractivity contribution < 1.29 is 0 Å². The van der Waals surface area contributed by atoms with Gasteiger partial charge >= 0.3 is 0 Å². The van der Waals surface area contributed by atoms with Crippen LogP contribution in [0.5, 0.6) is 0 Å². The summed E-state index contributed by atoms with van der Waals surface area (Å²) < 4.78 is 1.57. The van der Waals surface area contributed by atoms with Crippen molar-refractivity contribution in [3.63, 3.8) is 0 Å². The number of nitrogens with zero attached hydrogens (tertiary/aromatic N) is 5. The Morgan fingerprint density at radius 1 is 0.963 bits per heavy atom. The SMILES string of the molecule is CN(C)c1ncc2nc(-c3ccc(Cl)cc3)c(=O)n(-c3ccccc3)c2n1. The van der Waals surface area contributed by atoms with Crippen LogP contribution in [0.1, 0.15) is 0 Å². The van der Waals surface area contributed by atoms with Crippen molar-refractivity contribution in [3.8, 4) is 16.9 Å². The Labute approximate surface area is 160 Å². The van der Waals surface area contributed by atoms with Crippen LogP contribution >= 0.6 is 11.6 Å². The summed E-state index contributed by atoms with van der Waals surface area (Å²) in [5, 5.41) is 0.599. The van der Waals surface area contributed by atoms with Crippen LogP contribution in [0.2, 0.25) is 5.02 Å². The van der Waals surface area contributed by atoms with Gasteiger partial charge in [0.25, 0.3) is 5.56 Å². The highest BCUT2D eigenvalue weighted by Gasteiger charge is 2.16. The molecule has 27 heavy (non-hydrogen) atoms. The molecule has 4 aromatic rings. The average molecular weight is 378 g/mol. The van der Waals surface area contributed by atoms with Crippen molar-refractivity contribution in [2.24, 2.45) is 0 Å². The van der Waals surface area contributed by atoms with E-state index in [1.165, 1.54) is 0 Å². The third-order valence-electron chi connectivity index (χ3n) is 4.12. The summed E-state index contributed by atoms with van der Waals surface area (Å²) in [7, 11) is 3.70. The molecule has 4 rings (SSSR count). The van der Waals surface area contributed by atoms with E-state index in [-0.39, 0.29) is 5.56 Å². The van der Waals surface area contributed by atoms with Gasteiger partial charge in [0.1, 0.15) is 11.2 Å². The van der Waals surface area contributed by atoms with Gasteiger partial charge in [-0.05, 0) is 24.3 Å². The molecule has 0 radical (unpaired) electrons. The molecule has 0 unspecified atom stereocenters. The molecule has 134 valence electrons. The highest BCUT2D eigenvalue weighted by atomic mass is 35.5. The van der Waals surface area contributed by atoms with Gasteiger partial charge < -0.3 is 4.90 Å². The minimum Gasteiger partial charge on any atom is -0.347 e. The highest BCUT2D eigenvalue weighted by molar-refractivity contribution is 6.30. The molecule has 0 amide bonds. The normalized spacial score (nSPS) is 10.9. The van der Waals surface area contributed by atoms with Crippen LogP contribution < -0.4 is 10.5 Å². The van der Waals surface area contributed by atoms with E-state index in [0.717, 1.165) is 0 Å². The minimum atomic E-state index is -0.251. The molecule has 0 aliphatic rings. The van der Waals surface area contributed by atoms with Crippen LogP contribution in [-0.2, 0) is 0 Å². The van der Waals surface area contributed by atoms with Crippen LogP contribution in [0.4, 0.5) is 5.95 Å². The second-order valence-corrected chi connectivity index (χ2v) is 6.65. The Morgan fingerprint density at radius 2 is 1.67 bits per heavy atom. The number of anilines is 1. The van der Waals surface area contributed by atoms with Crippen molar-refractivity contribution in [2.75, 3.05) is 19.0 Å². The van der Waals surface area contributed by atoms with E-state index >= 15 is 0 Å². The Morgan fingerprint density at radius 3 is 2.33 bits per heavy atom. The van der Waals surface area contributed by atoms with Gasteiger partial charge in [0.05, 0.1) is 11.9 Å². The van der Waals surface area contributed by atoms with Gasteiger partial charge in [-0.3, -0.25) is 9.36 Å². The second kappa shape index (κ2) is 6.81. The maximum absolute atomic E-state index is 13.3. The predicted octanol–water partition coefficient (Wildman–Crippen LogP) is 3.56. The third-order valence-corrected chi connectivity index (χ3v) is 4.37. The number of hydrogen-bond donors (Lipinski definition) is 0. The van der Waals surface area contributed by atoms with E-state index in [4.69, 9.17) is 11.6 Å². The summed E-state index contributed by atoms with van der Waals surface area (Å²) in [5.41, 5.74) is 2.47. The molecule has 2 aromatic heterocycles. The van der Waals surface area contributed by atoms with E-state index in [0.29, 0.717) is 39.1 Å². The number of para-hydroxylation sites is 1. The lowest BCUT2D eigenvalue weighted by atomic mass is 10.1. The summed E-state index contributed by atoms with van der Waals surface area (Å²) in [4.78, 5) is 28.6. The molecule has 0 saturated heterocycles. The minimum absolute atomic E-state index is 0.251. The van der Waals surface area contributed by atoms with Gasteiger partial charge in [0.2, 0.25) is 5.95 Å². The van der Waals surface area contributed by atoms with Gasteiger partial charge in [-0.1, -0.05) is 41.9 Å². The van der Waals surface area contributed by atoms with Crippen LogP contribution in [0, 0.1) is 0 Å². The van der Waals surface area contributed by atoms with Crippen molar-refractivity contribution in [2.45, 2.75) is 0 Å². The van der Waals surface area contributed by atoms with Gasteiger partial charge in [0.15, 0.2) is 5.65 Å². The molecule has 0 aliphatic heterocycles. The maximum atomic E-state index is 13.3. The smallest absolute Gasteiger partial charge is 0.283 e. The molecule has 0 bridgehead atoms.